The van der Waals surface area contributed by atoms with Gasteiger partial charge in [0.15, 0.2) is 0 Å². The summed E-state index contributed by atoms with van der Waals surface area (Å²) in [5, 5.41) is 12.3. The van der Waals surface area contributed by atoms with E-state index >= 15 is 0 Å². The van der Waals surface area contributed by atoms with Gasteiger partial charge in [-0.1, -0.05) is 44.0 Å². The summed E-state index contributed by atoms with van der Waals surface area (Å²) in [6.07, 6.45) is 2.75. The molecular formula is C24H14Br2N4O3. The summed E-state index contributed by atoms with van der Waals surface area (Å²) in [6.45, 7) is 0. The van der Waals surface area contributed by atoms with E-state index in [0.29, 0.717) is 17.1 Å². The lowest BCUT2D eigenvalue weighted by Gasteiger charge is -2.10. The van der Waals surface area contributed by atoms with Crippen LogP contribution < -0.4 is 15.6 Å². The van der Waals surface area contributed by atoms with Gasteiger partial charge in [0, 0.05) is 20.8 Å². The number of fused-ring (bicyclic) bond motifs is 1. The van der Waals surface area contributed by atoms with Crippen molar-refractivity contribution in [3.63, 3.8) is 0 Å². The summed E-state index contributed by atoms with van der Waals surface area (Å²) in [5.74, 6) is -0.239. The molecule has 0 unspecified atom stereocenters. The van der Waals surface area contributed by atoms with Gasteiger partial charge in [0.25, 0.3) is 11.5 Å². The van der Waals surface area contributed by atoms with Crippen molar-refractivity contribution in [3.05, 3.63) is 103 Å². The molecule has 0 aliphatic heterocycles. The number of pyridine rings is 1. The molecule has 4 aromatic rings. The molecule has 0 radical (unpaired) electrons. The lowest BCUT2D eigenvalue weighted by molar-refractivity contribution is -0.112. The van der Waals surface area contributed by atoms with Crippen LogP contribution >= 0.6 is 31.9 Å². The van der Waals surface area contributed by atoms with Gasteiger partial charge in [0.2, 0.25) is 5.88 Å². The molecule has 2 aromatic heterocycles. The molecule has 0 saturated heterocycles. The average Bonchev–Trinajstić information content (AvgIpc) is 2.80. The zero-order chi connectivity index (χ0) is 23.4. The van der Waals surface area contributed by atoms with Crippen LogP contribution in [-0.2, 0) is 4.79 Å². The third kappa shape index (κ3) is 5.19. The van der Waals surface area contributed by atoms with Gasteiger partial charge in [-0.25, -0.2) is 0 Å². The summed E-state index contributed by atoms with van der Waals surface area (Å²) >= 11 is 6.70. The highest BCUT2D eigenvalue weighted by Gasteiger charge is 2.17. The van der Waals surface area contributed by atoms with Crippen LogP contribution in [0, 0.1) is 11.3 Å². The summed E-state index contributed by atoms with van der Waals surface area (Å²) < 4.78 is 8.82. The molecule has 33 heavy (non-hydrogen) atoms. The maximum Gasteiger partial charge on any atom is 0.269 e. The fourth-order valence-electron chi connectivity index (χ4n) is 2.96. The maximum atomic E-state index is 13.2. The van der Waals surface area contributed by atoms with E-state index in [1.54, 1.807) is 66.9 Å². The van der Waals surface area contributed by atoms with Crippen molar-refractivity contribution < 1.29 is 9.53 Å². The molecule has 0 fully saturated rings. The van der Waals surface area contributed by atoms with Gasteiger partial charge in [-0.3, -0.25) is 14.0 Å². The van der Waals surface area contributed by atoms with Crippen molar-refractivity contribution in [2.45, 2.75) is 0 Å². The molecule has 162 valence electrons. The largest absolute Gasteiger partial charge is 0.438 e. The minimum absolute atomic E-state index is 0.0171. The molecule has 0 saturated carbocycles. The van der Waals surface area contributed by atoms with E-state index in [0.717, 1.165) is 8.95 Å². The lowest BCUT2D eigenvalue weighted by atomic mass is 10.1. The third-order valence-corrected chi connectivity index (χ3v) is 5.52. The maximum absolute atomic E-state index is 13.2. The number of hydrogen-bond donors (Lipinski definition) is 1. The Morgan fingerprint density at radius 2 is 1.85 bits per heavy atom. The van der Waals surface area contributed by atoms with Gasteiger partial charge in [0.1, 0.15) is 28.6 Å². The highest BCUT2D eigenvalue weighted by molar-refractivity contribution is 9.10. The Hall–Kier alpha value is -3.74. The SMILES string of the molecule is N#C/C(=C/c1c(Oc2ccc(Br)cc2)nc2ccccn2c1=O)C(=O)Nc1cccc(Br)c1. The Morgan fingerprint density at radius 3 is 2.58 bits per heavy atom. The summed E-state index contributed by atoms with van der Waals surface area (Å²) in [5.41, 5.74) is 0.0859. The molecule has 2 aromatic carbocycles. The minimum atomic E-state index is -0.664. The standard InChI is InChI=1S/C24H14Br2N4O3/c25-16-7-9-19(10-8-16)33-23-20(24(32)30-11-2-1-6-21(30)29-23)12-15(14-27)22(31)28-18-5-3-4-17(26)13-18/h1-13H,(H,28,31)/b15-12-. The second-order valence-electron chi connectivity index (χ2n) is 6.75. The van der Waals surface area contributed by atoms with E-state index in [1.807, 2.05) is 12.1 Å². The quantitative estimate of drug-likeness (QED) is 0.252. The Bertz CT molecular complexity index is 1490. The van der Waals surface area contributed by atoms with Crippen molar-refractivity contribution >= 4 is 55.2 Å². The van der Waals surface area contributed by atoms with Gasteiger partial charge < -0.3 is 10.1 Å². The second kappa shape index (κ2) is 9.81. The smallest absolute Gasteiger partial charge is 0.269 e. The fraction of sp³-hybridized carbons (Fsp3) is 0. The van der Waals surface area contributed by atoms with Crippen LogP contribution in [0.2, 0.25) is 0 Å². The molecule has 0 bridgehead atoms. The monoisotopic (exact) mass is 564 g/mol. The first-order valence-electron chi connectivity index (χ1n) is 9.58. The molecule has 1 amide bonds. The van der Waals surface area contributed by atoms with Gasteiger partial charge in [-0.2, -0.15) is 10.2 Å². The summed E-state index contributed by atoms with van der Waals surface area (Å²) in [4.78, 5) is 30.4. The zero-order valence-corrected chi connectivity index (χ0v) is 20.0. The van der Waals surface area contributed by atoms with Gasteiger partial charge >= 0.3 is 0 Å². The van der Waals surface area contributed by atoms with E-state index < -0.39 is 11.5 Å². The van der Waals surface area contributed by atoms with E-state index in [4.69, 9.17) is 4.74 Å². The Labute approximate surface area is 205 Å². The zero-order valence-electron chi connectivity index (χ0n) is 16.8. The van der Waals surface area contributed by atoms with Crippen molar-refractivity contribution in [2.24, 2.45) is 0 Å². The topological polar surface area (TPSA) is 96.5 Å². The average molecular weight is 566 g/mol. The first-order valence-corrected chi connectivity index (χ1v) is 11.2. The van der Waals surface area contributed by atoms with Crippen LogP contribution in [0.25, 0.3) is 11.7 Å². The van der Waals surface area contributed by atoms with Crippen LogP contribution in [0.15, 0.2) is 92.2 Å². The first kappa shape index (κ1) is 22.5. The number of carbonyl (C=O) groups excluding carboxylic acids is 1. The van der Waals surface area contributed by atoms with E-state index in [9.17, 15) is 14.9 Å². The summed E-state index contributed by atoms with van der Waals surface area (Å²) in [6, 6.07) is 20.9. The van der Waals surface area contributed by atoms with Crippen LogP contribution in [0.3, 0.4) is 0 Å². The Balaban J connectivity index is 1.79. The predicted octanol–water partition coefficient (Wildman–Crippen LogP) is 5.56. The highest BCUT2D eigenvalue weighted by Crippen LogP contribution is 2.25. The number of anilines is 1. The van der Waals surface area contributed by atoms with Gasteiger partial charge in [0.05, 0.1) is 0 Å². The van der Waals surface area contributed by atoms with E-state index in [-0.39, 0.29) is 17.0 Å². The van der Waals surface area contributed by atoms with Crippen molar-refractivity contribution in [3.8, 4) is 17.7 Å². The number of nitrogens with zero attached hydrogens (tertiary/aromatic N) is 3. The van der Waals surface area contributed by atoms with Crippen LogP contribution in [0.1, 0.15) is 5.56 Å². The molecule has 4 rings (SSSR count). The van der Waals surface area contributed by atoms with Crippen LogP contribution in [-0.4, -0.2) is 15.3 Å². The molecule has 0 aliphatic rings. The fourth-order valence-corrected chi connectivity index (χ4v) is 3.62. The Morgan fingerprint density at radius 1 is 1.06 bits per heavy atom. The van der Waals surface area contributed by atoms with Crippen LogP contribution in [0.5, 0.6) is 11.6 Å². The second-order valence-corrected chi connectivity index (χ2v) is 8.59. The number of amides is 1. The van der Waals surface area contributed by atoms with Crippen molar-refractivity contribution in [1.82, 2.24) is 9.38 Å². The molecule has 7 nitrogen and oxygen atoms in total. The molecule has 0 atom stereocenters. The normalized spacial score (nSPS) is 11.1. The lowest BCUT2D eigenvalue weighted by Crippen LogP contribution is -2.20. The number of nitriles is 1. The Kier molecular flexibility index (Phi) is 6.68. The third-order valence-electron chi connectivity index (χ3n) is 4.50. The highest BCUT2D eigenvalue weighted by atomic mass is 79.9. The van der Waals surface area contributed by atoms with Crippen molar-refractivity contribution in [1.29, 1.82) is 5.26 Å². The van der Waals surface area contributed by atoms with Crippen molar-refractivity contribution in [2.75, 3.05) is 5.32 Å². The molecular weight excluding hydrogens is 552 g/mol. The predicted molar refractivity (Wildman–Crippen MR) is 132 cm³/mol. The number of ether oxygens (including phenoxy) is 1. The van der Waals surface area contributed by atoms with Gasteiger partial charge in [-0.05, 0) is 60.7 Å². The number of benzene rings is 2. The van der Waals surface area contributed by atoms with E-state index in [2.05, 4.69) is 42.2 Å². The first-order chi connectivity index (χ1) is 15.9. The van der Waals surface area contributed by atoms with Crippen LogP contribution in [0.4, 0.5) is 5.69 Å². The molecule has 0 aliphatic carbocycles. The number of carbonyl (C=O) groups is 1. The number of nitrogens with one attached hydrogen (secondary N) is 1. The molecule has 9 heteroatoms. The molecule has 1 N–H and O–H groups in total. The molecule has 2 heterocycles. The number of rotatable bonds is 5. The number of aromatic nitrogens is 2. The summed E-state index contributed by atoms with van der Waals surface area (Å²) in [7, 11) is 0. The number of halogens is 2. The van der Waals surface area contributed by atoms with E-state index in [1.165, 1.54) is 10.5 Å². The minimum Gasteiger partial charge on any atom is -0.438 e. The number of hydrogen-bond acceptors (Lipinski definition) is 5. The molecule has 0 spiro atoms. The van der Waals surface area contributed by atoms with Gasteiger partial charge in [-0.15, -0.1) is 0 Å².